The van der Waals surface area contributed by atoms with Gasteiger partial charge in [-0.3, -0.25) is 4.79 Å². The Kier molecular flexibility index (Phi) is 3.88. The molecule has 0 aliphatic heterocycles. The number of benzene rings is 1. The van der Waals surface area contributed by atoms with E-state index in [1.165, 1.54) is 30.6 Å². The van der Waals surface area contributed by atoms with Gasteiger partial charge in [0.1, 0.15) is 16.7 Å². The summed E-state index contributed by atoms with van der Waals surface area (Å²) in [6, 6.07) is 3.98. The smallest absolute Gasteiger partial charge is 0.275 e. The number of nitrogens with one attached hydrogen (secondary N) is 1. The minimum absolute atomic E-state index is 0.0931. The summed E-state index contributed by atoms with van der Waals surface area (Å²) in [6.45, 7) is 0. The molecule has 0 aliphatic carbocycles. The quantitative estimate of drug-likeness (QED) is 0.919. The lowest BCUT2D eigenvalue weighted by Gasteiger charge is -2.06. The van der Waals surface area contributed by atoms with Gasteiger partial charge in [0.15, 0.2) is 0 Å². The fourth-order valence-corrected chi connectivity index (χ4v) is 1.65. The van der Waals surface area contributed by atoms with Crippen LogP contribution >= 0.6 is 27.5 Å². The Morgan fingerprint density at radius 3 is 2.78 bits per heavy atom. The number of hydrogen-bond donors (Lipinski definition) is 1. The molecule has 18 heavy (non-hydrogen) atoms. The summed E-state index contributed by atoms with van der Waals surface area (Å²) in [5.74, 6) is -0.943. The number of amides is 1. The van der Waals surface area contributed by atoms with E-state index in [1.54, 1.807) is 0 Å². The lowest BCUT2D eigenvalue weighted by atomic mass is 10.3. The molecule has 0 radical (unpaired) electrons. The van der Waals surface area contributed by atoms with E-state index in [9.17, 15) is 9.18 Å². The predicted molar refractivity (Wildman–Crippen MR) is 69.1 cm³/mol. The third kappa shape index (κ3) is 3.02. The van der Waals surface area contributed by atoms with E-state index in [2.05, 4.69) is 31.2 Å². The van der Waals surface area contributed by atoms with E-state index in [4.69, 9.17) is 11.6 Å². The molecule has 92 valence electrons. The Labute approximate surface area is 115 Å². The van der Waals surface area contributed by atoms with Gasteiger partial charge in [-0.1, -0.05) is 11.6 Å². The summed E-state index contributed by atoms with van der Waals surface area (Å²) in [7, 11) is 0. The molecule has 0 saturated carbocycles. The Bertz CT molecular complexity index is 591. The number of hydrogen-bond acceptors (Lipinski definition) is 3. The summed E-state index contributed by atoms with van der Waals surface area (Å²) in [5, 5.41) is 2.71. The van der Waals surface area contributed by atoms with Crippen LogP contribution in [0.2, 0.25) is 5.15 Å². The molecule has 1 aromatic heterocycles. The SMILES string of the molecule is O=C(Nc1cc(F)ccc1Br)c1cnc(Cl)cn1. The number of carbonyl (C=O) groups excluding carboxylic acids is 1. The minimum Gasteiger partial charge on any atom is -0.319 e. The van der Waals surface area contributed by atoms with Crippen LogP contribution in [0.25, 0.3) is 0 Å². The van der Waals surface area contributed by atoms with Crippen LogP contribution in [0.4, 0.5) is 10.1 Å². The molecule has 0 aliphatic rings. The topological polar surface area (TPSA) is 54.9 Å². The average molecular weight is 331 g/mol. The van der Waals surface area contributed by atoms with E-state index < -0.39 is 11.7 Å². The van der Waals surface area contributed by atoms with Gasteiger partial charge in [0.2, 0.25) is 0 Å². The molecule has 0 bridgehead atoms. The number of rotatable bonds is 2. The highest BCUT2D eigenvalue weighted by Crippen LogP contribution is 2.23. The Hall–Kier alpha value is -1.53. The first-order valence-electron chi connectivity index (χ1n) is 4.80. The summed E-state index contributed by atoms with van der Waals surface area (Å²) in [6.07, 6.45) is 2.50. The van der Waals surface area contributed by atoms with Crippen LogP contribution in [0.15, 0.2) is 35.1 Å². The molecular formula is C11H6BrClFN3O. The van der Waals surface area contributed by atoms with Crippen molar-refractivity contribution in [1.82, 2.24) is 9.97 Å². The first-order chi connectivity index (χ1) is 8.56. The lowest BCUT2D eigenvalue weighted by molar-refractivity contribution is 0.102. The number of carbonyl (C=O) groups is 1. The van der Waals surface area contributed by atoms with Crippen LogP contribution in [0, 0.1) is 5.82 Å². The number of halogens is 3. The van der Waals surface area contributed by atoms with Gasteiger partial charge in [-0.25, -0.2) is 14.4 Å². The second-order valence-electron chi connectivity index (χ2n) is 3.30. The predicted octanol–water partition coefficient (Wildman–Crippen LogP) is 3.28. The van der Waals surface area contributed by atoms with E-state index in [0.29, 0.717) is 10.2 Å². The lowest BCUT2D eigenvalue weighted by Crippen LogP contribution is -2.14. The molecule has 4 nitrogen and oxygen atoms in total. The second kappa shape index (κ2) is 5.41. The van der Waals surface area contributed by atoms with Gasteiger partial charge < -0.3 is 5.32 Å². The Morgan fingerprint density at radius 2 is 2.11 bits per heavy atom. The van der Waals surface area contributed by atoms with Crippen LogP contribution in [0.3, 0.4) is 0 Å². The third-order valence-corrected chi connectivity index (χ3v) is 2.92. The van der Waals surface area contributed by atoms with E-state index >= 15 is 0 Å². The molecule has 1 heterocycles. The van der Waals surface area contributed by atoms with Crippen LogP contribution in [-0.4, -0.2) is 15.9 Å². The van der Waals surface area contributed by atoms with Crippen molar-refractivity contribution in [2.45, 2.75) is 0 Å². The maximum Gasteiger partial charge on any atom is 0.275 e. The summed E-state index contributed by atoms with van der Waals surface area (Å²) in [5.41, 5.74) is 0.410. The largest absolute Gasteiger partial charge is 0.319 e. The van der Waals surface area contributed by atoms with Gasteiger partial charge in [0.05, 0.1) is 18.1 Å². The summed E-state index contributed by atoms with van der Waals surface area (Å²) >= 11 is 8.76. The first kappa shape index (κ1) is 12.9. The second-order valence-corrected chi connectivity index (χ2v) is 4.54. The summed E-state index contributed by atoms with van der Waals surface area (Å²) in [4.78, 5) is 19.3. The average Bonchev–Trinajstić information content (AvgIpc) is 2.34. The molecule has 0 unspecified atom stereocenters. The van der Waals surface area contributed by atoms with Gasteiger partial charge >= 0.3 is 0 Å². The normalized spacial score (nSPS) is 10.2. The van der Waals surface area contributed by atoms with Crippen molar-refractivity contribution < 1.29 is 9.18 Å². The molecule has 0 atom stereocenters. The first-order valence-corrected chi connectivity index (χ1v) is 5.97. The van der Waals surface area contributed by atoms with Crippen LogP contribution < -0.4 is 5.32 Å². The molecule has 1 amide bonds. The van der Waals surface area contributed by atoms with E-state index in [-0.39, 0.29) is 10.8 Å². The molecule has 2 rings (SSSR count). The molecule has 0 saturated heterocycles. The highest BCUT2D eigenvalue weighted by Gasteiger charge is 2.10. The van der Waals surface area contributed by atoms with Crippen LogP contribution in [-0.2, 0) is 0 Å². The highest BCUT2D eigenvalue weighted by atomic mass is 79.9. The highest BCUT2D eigenvalue weighted by molar-refractivity contribution is 9.10. The van der Waals surface area contributed by atoms with Gasteiger partial charge in [-0.2, -0.15) is 0 Å². The molecular weight excluding hydrogens is 324 g/mol. The molecule has 2 aromatic rings. The number of nitrogens with zero attached hydrogens (tertiary/aromatic N) is 2. The van der Waals surface area contributed by atoms with E-state index in [0.717, 1.165) is 0 Å². The molecule has 7 heteroatoms. The van der Waals surface area contributed by atoms with Crippen molar-refractivity contribution >= 4 is 39.1 Å². The maximum atomic E-state index is 13.0. The monoisotopic (exact) mass is 329 g/mol. The molecule has 0 fully saturated rings. The zero-order valence-electron chi connectivity index (χ0n) is 8.82. The third-order valence-electron chi connectivity index (χ3n) is 2.03. The zero-order chi connectivity index (χ0) is 13.1. The standard InChI is InChI=1S/C11H6BrClFN3O/c12-7-2-1-6(14)3-8(7)17-11(18)9-4-16-10(13)5-15-9/h1-5H,(H,17,18). The van der Waals surface area contributed by atoms with Crippen molar-refractivity contribution in [2.24, 2.45) is 0 Å². The number of anilines is 1. The van der Waals surface area contributed by atoms with Gasteiger partial charge in [-0.15, -0.1) is 0 Å². The molecule has 0 spiro atoms. The fourth-order valence-electron chi connectivity index (χ4n) is 1.21. The zero-order valence-corrected chi connectivity index (χ0v) is 11.2. The van der Waals surface area contributed by atoms with Gasteiger partial charge in [-0.05, 0) is 34.1 Å². The molecule has 1 N–H and O–H groups in total. The number of aromatic nitrogens is 2. The van der Waals surface area contributed by atoms with Gasteiger partial charge in [0, 0.05) is 4.47 Å². The van der Waals surface area contributed by atoms with E-state index in [1.807, 2.05) is 0 Å². The minimum atomic E-state index is -0.495. The summed E-state index contributed by atoms with van der Waals surface area (Å²) < 4.78 is 13.6. The van der Waals surface area contributed by atoms with Gasteiger partial charge in [0.25, 0.3) is 5.91 Å². The maximum absolute atomic E-state index is 13.0. The van der Waals surface area contributed by atoms with Crippen molar-refractivity contribution in [3.63, 3.8) is 0 Å². The van der Waals surface area contributed by atoms with Crippen molar-refractivity contribution in [2.75, 3.05) is 5.32 Å². The Morgan fingerprint density at radius 1 is 1.33 bits per heavy atom. The van der Waals surface area contributed by atoms with Crippen LogP contribution in [0.5, 0.6) is 0 Å². The molecule has 1 aromatic carbocycles. The fraction of sp³-hybridized carbons (Fsp3) is 0. The van der Waals surface area contributed by atoms with Crippen LogP contribution in [0.1, 0.15) is 10.5 Å². The Balaban J connectivity index is 2.21. The van der Waals surface area contributed by atoms with Crippen molar-refractivity contribution in [1.29, 1.82) is 0 Å². The van der Waals surface area contributed by atoms with Crippen molar-refractivity contribution in [3.05, 3.63) is 51.7 Å². The van der Waals surface area contributed by atoms with Crippen molar-refractivity contribution in [3.8, 4) is 0 Å².